The van der Waals surface area contributed by atoms with Gasteiger partial charge in [0.25, 0.3) is 0 Å². The molecular formula is C17H23N5. The maximum Gasteiger partial charge on any atom is 0.227 e. The normalized spacial score (nSPS) is 20.0. The summed E-state index contributed by atoms with van der Waals surface area (Å²) in [4.78, 5) is 16.9. The summed E-state index contributed by atoms with van der Waals surface area (Å²) in [5, 5.41) is 1.18. The van der Waals surface area contributed by atoms with E-state index in [2.05, 4.69) is 46.0 Å². The third-order valence-corrected chi connectivity index (χ3v) is 4.76. The topological polar surface area (TPSA) is 35.5 Å². The smallest absolute Gasteiger partial charge is 0.227 e. The van der Waals surface area contributed by atoms with Gasteiger partial charge in [0, 0.05) is 44.7 Å². The van der Waals surface area contributed by atoms with Gasteiger partial charge in [0.2, 0.25) is 5.95 Å². The monoisotopic (exact) mass is 297 g/mol. The van der Waals surface area contributed by atoms with Gasteiger partial charge in [-0.1, -0.05) is 12.1 Å². The van der Waals surface area contributed by atoms with Crippen LogP contribution in [0.25, 0.3) is 10.9 Å². The molecule has 0 radical (unpaired) electrons. The fourth-order valence-corrected chi connectivity index (χ4v) is 3.37. The molecule has 1 aromatic heterocycles. The van der Waals surface area contributed by atoms with Gasteiger partial charge in [-0.05, 0) is 32.0 Å². The predicted molar refractivity (Wildman–Crippen MR) is 90.7 cm³/mol. The van der Waals surface area contributed by atoms with E-state index in [9.17, 15) is 0 Å². The number of aromatic nitrogens is 2. The first-order valence-corrected chi connectivity index (χ1v) is 8.26. The van der Waals surface area contributed by atoms with Crippen LogP contribution in [0.1, 0.15) is 12.8 Å². The SMILES string of the molecule is CN1CCN(c2nc(N3CCCC3)c3ccccc3n2)CC1. The molecule has 2 aromatic rings. The van der Waals surface area contributed by atoms with E-state index < -0.39 is 0 Å². The van der Waals surface area contributed by atoms with Crippen molar-refractivity contribution in [2.24, 2.45) is 0 Å². The van der Waals surface area contributed by atoms with Crippen molar-refractivity contribution in [2.45, 2.75) is 12.8 Å². The molecule has 0 aliphatic carbocycles. The number of nitrogens with zero attached hydrogens (tertiary/aromatic N) is 5. The standard InChI is InChI=1S/C17H23N5/c1-20-10-12-22(13-11-20)17-18-15-7-3-2-6-14(15)16(19-17)21-8-4-5-9-21/h2-3,6-7H,4-5,8-13H2,1H3. The lowest BCUT2D eigenvalue weighted by atomic mass is 10.2. The third kappa shape index (κ3) is 2.50. The molecule has 0 bridgehead atoms. The van der Waals surface area contributed by atoms with Crippen LogP contribution >= 0.6 is 0 Å². The molecule has 5 heteroatoms. The highest BCUT2D eigenvalue weighted by Crippen LogP contribution is 2.29. The number of piperazine rings is 1. The summed E-state index contributed by atoms with van der Waals surface area (Å²) in [7, 11) is 2.17. The second-order valence-electron chi connectivity index (χ2n) is 6.35. The molecule has 1 aromatic carbocycles. The Bertz CT molecular complexity index is 657. The van der Waals surface area contributed by atoms with Gasteiger partial charge < -0.3 is 14.7 Å². The van der Waals surface area contributed by atoms with Crippen LogP contribution in [0.2, 0.25) is 0 Å². The number of anilines is 2. The van der Waals surface area contributed by atoms with Crippen molar-refractivity contribution in [3.8, 4) is 0 Å². The molecule has 2 fully saturated rings. The summed E-state index contributed by atoms with van der Waals surface area (Å²) < 4.78 is 0. The van der Waals surface area contributed by atoms with E-state index >= 15 is 0 Å². The Morgan fingerprint density at radius 2 is 1.55 bits per heavy atom. The van der Waals surface area contributed by atoms with Gasteiger partial charge in [0.1, 0.15) is 5.82 Å². The zero-order chi connectivity index (χ0) is 14.9. The minimum absolute atomic E-state index is 0.897. The lowest BCUT2D eigenvalue weighted by molar-refractivity contribution is 0.311. The number of benzene rings is 1. The Hall–Kier alpha value is -1.88. The Balaban J connectivity index is 1.75. The van der Waals surface area contributed by atoms with Crippen LogP contribution < -0.4 is 9.80 Å². The van der Waals surface area contributed by atoms with Crippen molar-refractivity contribution >= 4 is 22.7 Å². The molecule has 116 valence electrons. The van der Waals surface area contributed by atoms with Gasteiger partial charge in [-0.2, -0.15) is 4.98 Å². The fourth-order valence-electron chi connectivity index (χ4n) is 3.37. The Morgan fingerprint density at radius 3 is 2.32 bits per heavy atom. The quantitative estimate of drug-likeness (QED) is 0.847. The minimum Gasteiger partial charge on any atom is -0.356 e. The Kier molecular flexibility index (Phi) is 3.58. The molecule has 0 atom stereocenters. The van der Waals surface area contributed by atoms with Crippen LogP contribution in [0.5, 0.6) is 0 Å². The highest BCUT2D eigenvalue weighted by molar-refractivity contribution is 5.90. The van der Waals surface area contributed by atoms with Gasteiger partial charge in [0.05, 0.1) is 5.52 Å². The summed E-state index contributed by atoms with van der Waals surface area (Å²) in [6.07, 6.45) is 2.53. The Morgan fingerprint density at radius 1 is 0.818 bits per heavy atom. The van der Waals surface area contributed by atoms with Crippen LogP contribution in [-0.4, -0.2) is 61.2 Å². The molecule has 0 N–H and O–H groups in total. The van der Waals surface area contributed by atoms with Gasteiger partial charge in [0.15, 0.2) is 0 Å². The second-order valence-corrected chi connectivity index (χ2v) is 6.35. The van der Waals surface area contributed by atoms with Crippen LogP contribution in [0.15, 0.2) is 24.3 Å². The van der Waals surface area contributed by atoms with Crippen molar-refractivity contribution < 1.29 is 0 Å². The molecule has 0 spiro atoms. The first-order chi connectivity index (χ1) is 10.8. The molecule has 0 unspecified atom stereocenters. The highest BCUT2D eigenvalue weighted by Gasteiger charge is 2.21. The molecule has 2 aliphatic rings. The summed E-state index contributed by atoms with van der Waals surface area (Å²) in [5.41, 5.74) is 1.06. The summed E-state index contributed by atoms with van der Waals surface area (Å²) in [6.45, 7) is 6.40. The second kappa shape index (κ2) is 5.72. The van der Waals surface area contributed by atoms with Gasteiger partial charge in [-0.15, -0.1) is 0 Å². The molecule has 4 rings (SSSR count). The average Bonchev–Trinajstić information content (AvgIpc) is 3.09. The van der Waals surface area contributed by atoms with Crippen LogP contribution in [0.3, 0.4) is 0 Å². The first-order valence-electron chi connectivity index (χ1n) is 8.26. The molecule has 0 saturated carbocycles. The van der Waals surface area contributed by atoms with Gasteiger partial charge in [-0.3, -0.25) is 0 Å². The lowest BCUT2D eigenvalue weighted by Gasteiger charge is -2.33. The number of para-hydroxylation sites is 1. The molecule has 5 nitrogen and oxygen atoms in total. The van der Waals surface area contributed by atoms with Gasteiger partial charge >= 0.3 is 0 Å². The lowest BCUT2D eigenvalue weighted by Crippen LogP contribution is -2.45. The number of hydrogen-bond acceptors (Lipinski definition) is 5. The van der Waals surface area contributed by atoms with Crippen molar-refractivity contribution in [3.63, 3.8) is 0 Å². The average molecular weight is 297 g/mol. The number of rotatable bonds is 2. The molecular weight excluding hydrogens is 274 g/mol. The van der Waals surface area contributed by atoms with Crippen molar-refractivity contribution in [1.82, 2.24) is 14.9 Å². The molecule has 0 amide bonds. The van der Waals surface area contributed by atoms with Crippen molar-refractivity contribution in [1.29, 1.82) is 0 Å². The van der Waals surface area contributed by atoms with E-state index in [1.54, 1.807) is 0 Å². The van der Waals surface area contributed by atoms with Crippen molar-refractivity contribution in [2.75, 3.05) is 56.1 Å². The van der Waals surface area contributed by atoms with E-state index in [0.29, 0.717) is 0 Å². The maximum absolute atomic E-state index is 4.95. The predicted octanol–water partition coefficient (Wildman–Crippen LogP) is 1.98. The summed E-state index contributed by atoms with van der Waals surface area (Å²) in [5.74, 6) is 2.02. The van der Waals surface area contributed by atoms with E-state index in [1.165, 1.54) is 18.2 Å². The van der Waals surface area contributed by atoms with Crippen molar-refractivity contribution in [3.05, 3.63) is 24.3 Å². The van der Waals surface area contributed by atoms with Crippen LogP contribution in [-0.2, 0) is 0 Å². The zero-order valence-corrected chi connectivity index (χ0v) is 13.2. The Labute approximate surface area is 131 Å². The van der Waals surface area contributed by atoms with Crippen LogP contribution in [0.4, 0.5) is 11.8 Å². The molecule has 2 aliphatic heterocycles. The van der Waals surface area contributed by atoms with E-state index in [4.69, 9.17) is 9.97 Å². The molecule has 22 heavy (non-hydrogen) atoms. The number of fused-ring (bicyclic) bond motifs is 1. The van der Waals surface area contributed by atoms with Crippen LogP contribution in [0, 0.1) is 0 Å². The zero-order valence-electron chi connectivity index (χ0n) is 13.2. The highest BCUT2D eigenvalue weighted by atomic mass is 15.3. The maximum atomic E-state index is 4.95. The summed E-state index contributed by atoms with van der Waals surface area (Å²) >= 11 is 0. The van der Waals surface area contributed by atoms with Gasteiger partial charge in [-0.25, -0.2) is 4.98 Å². The van der Waals surface area contributed by atoms with E-state index in [-0.39, 0.29) is 0 Å². The first kappa shape index (κ1) is 13.8. The molecule has 3 heterocycles. The third-order valence-electron chi connectivity index (χ3n) is 4.76. The van der Waals surface area contributed by atoms with E-state index in [0.717, 1.165) is 56.6 Å². The number of likely N-dealkylation sites (N-methyl/N-ethyl adjacent to an activating group) is 1. The van der Waals surface area contributed by atoms with E-state index in [1.807, 2.05) is 0 Å². The number of hydrogen-bond donors (Lipinski definition) is 0. The largest absolute Gasteiger partial charge is 0.356 e. The minimum atomic E-state index is 0.897. The summed E-state index contributed by atoms with van der Waals surface area (Å²) in [6, 6.07) is 8.41. The fraction of sp³-hybridized carbons (Fsp3) is 0.529. The molecule has 2 saturated heterocycles.